The number of hydrogen-bond donors (Lipinski definition) is 2. The summed E-state index contributed by atoms with van der Waals surface area (Å²) in [5.74, 6) is -0.859. The number of amides is 1. The van der Waals surface area contributed by atoms with Crippen molar-refractivity contribution in [3.8, 4) is 0 Å². The summed E-state index contributed by atoms with van der Waals surface area (Å²) < 4.78 is 5.19. The highest BCUT2D eigenvalue weighted by Gasteiger charge is 2.21. The van der Waals surface area contributed by atoms with Crippen molar-refractivity contribution in [2.24, 2.45) is 5.73 Å². The standard InChI is InChI=1S/C19H22N2O3.C2H6/c1-14(19(23)24-13-16-10-6-3-7-11-16)21-18(22)17(20)12-15-8-4-2-5-9-15;1-2/h2-11,14,17H,12-13,20H2,1H3,(H,21,22);1-2H3/t14-,17-;/m0./s1. The number of carbonyl (C=O) groups excluding carboxylic acids is 2. The summed E-state index contributed by atoms with van der Waals surface area (Å²) in [7, 11) is 0. The third kappa shape index (κ3) is 7.49. The highest BCUT2D eigenvalue weighted by atomic mass is 16.5. The van der Waals surface area contributed by atoms with Crippen LogP contribution in [0.15, 0.2) is 60.7 Å². The second kappa shape index (κ2) is 11.8. The van der Waals surface area contributed by atoms with Gasteiger partial charge in [-0.15, -0.1) is 0 Å². The first-order chi connectivity index (χ1) is 12.6. The molecule has 0 bridgehead atoms. The maximum absolute atomic E-state index is 12.1. The fraction of sp³-hybridized carbons (Fsp3) is 0.333. The molecule has 0 fully saturated rings. The van der Waals surface area contributed by atoms with Gasteiger partial charge in [-0.1, -0.05) is 74.5 Å². The van der Waals surface area contributed by atoms with E-state index in [1.54, 1.807) is 6.92 Å². The minimum Gasteiger partial charge on any atom is -0.459 e. The number of carbonyl (C=O) groups is 2. The molecule has 3 N–H and O–H groups in total. The van der Waals surface area contributed by atoms with Crippen molar-refractivity contribution in [3.63, 3.8) is 0 Å². The molecule has 0 aromatic heterocycles. The summed E-state index contributed by atoms with van der Waals surface area (Å²) in [4.78, 5) is 24.0. The van der Waals surface area contributed by atoms with Crippen molar-refractivity contribution in [2.75, 3.05) is 0 Å². The first-order valence-electron chi connectivity index (χ1n) is 8.86. The Morgan fingerprint density at radius 3 is 2.00 bits per heavy atom. The minimum absolute atomic E-state index is 0.177. The molecule has 2 rings (SSSR count). The fourth-order valence-electron chi connectivity index (χ4n) is 2.19. The SMILES string of the molecule is CC.C[C@H](NC(=O)[C@@H](N)Cc1ccccc1)C(=O)OCc1ccccc1. The molecule has 5 nitrogen and oxygen atoms in total. The van der Waals surface area contributed by atoms with Gasteiger partial charge in [0.05, 0.1) is 6.04 Å². The Bertz CT molecular complexity index is 659. The highest BCUT2D eigenvalue weighted by Crippen LogP contribution is 2.04. The van der Waals surface area contributed by atoms with E-state index in [1.165, 1.54) is 0 Å². The van der Waals surface area contributed by atoms with Crippen LogP contribution in [0.25, 0.3) is 0 Å². The monoisotopic (exact) mass is 356 g/mol. The molecule has 0 saturated carbocycles. The third-order valence-corrected chi connectivity index (χ3v) is 3.57. The van der Waals surface area contributed by atoms with Crippen LogP contribution in [0.3, 0.4) is 0 Å². The number of rotatable bonds is 7. The number of ether oxygens (including phenoxy) is 1. The summed E-state index contributed by atoms with van der Waals surface area (Å²) in [6.45, 7) is 5.76. The molecule has 0 spiro atoms. The van der Waals surface area contributed by atoms with E-state index in [4.69, 9.17) is 10.5 Å². The van der Waals surface area contributed by atoms with Crippen molar-refractivity contribution in [1.29, 1.82) is 0 Å². The maximum Gasteiger partial charge on any atom is 0.328 e. The van der Waals surface area contributed by atoms with Crippen LogP contribution in [-0.4, -0.2) is 24.0 Å². The first kappa shape index (κ1) is 21.4. The molecule has 0 heterocycles. The van der Waals surface area contributed by atoms with Gasteiger partial charge in [0.25, 0.3) is 0 Å². The number of nitrogens with one attached hydrogen (secondary N) is 1. The Morgan fingerprint density at radius 1 is 0.962 bits per heavy atom. The molecule has 1 amide bonds. The molecule has 0 saturated heterocycles. The Labute approximate surface area is 155 Å². The van der Waals surface area contributed by atoms with Gasteiger partial charge in [-0.05, 0) is 24.5 Å². The Hall–Kier alpha value is -2.66. The van der Waals surface area contributed by atoms with Crippen molar-refractivity contribution >= 4 is 11.9 Å². The highest BCUT2D eigenvalue weighted by molar-refractivity contribution is 5.87. The molecule has 0 aliphatic heterocycles. The molecular weight excluding hydrogens is 328 g/mol. The topological polar surface area (TPSA) is 81.4 Å². The van der Waals surface area contributed by atoms with Gasteiger partial charge in [-0.2, -0.15) is 0 Å². The normalized spacial score (nSPS) is 12.2. The van der Waals surface area contributed by atoms with Crippen LogP contribution in [0.4, 0.5) is 0 Å². The van der Waals surface area contributed by atoms with Crippen molar-refractivity contribution in [1.82, 2.24) is 5.32 Å². The molecule has 0 radical (unpaired) electrons. The lowest BCUT2D eigenvalue weighted by Crippen LogP contribution is -2.48. The maximum atomic E-state index is 12.1. The van der Waals surface area contributed by atoms with Gasteiger partial charge >= 0.3 is 5.97 Å². The minimum atomic E-state index is -0.747. The molecule has 2 aromatic carbocycles. The van der Waals surface area contributed by atoms with Gasteiger partial charge in [-0.25, -0.2) is 4.79 Å². The molecule has 140 valence electrons. The van der Waals surface area contributed by atoms with E-state index in [1.807, 2.05) is 74.5 Å². The number of hydrogen-bond acceptors (Lipinski definition) is 4. The number of esters is 1. The van der Waals surface area contributed by atoms with Crippen LogP contribution in [0.5, 0.6) is 0 Å². The summed E-state index contributed by atoms with van der Waals surface area (Å²) in [6.07, 6.45) is 0.415. The van der Waals surface area contributed by atoms with Gasteiger partial charge in [0.1, 0.15) is 12.6 Å². The van der Waals surface area contributed by atoms with E-state index in [-0.39, 0.29) is 12.5 Å². The lowest BCUT2D eigenvalue weighted by molar-refractivity contribution is -0.148. The lowest BCUT2D eigenvalue weighted by atomic mass is 10.1. The average molecular weight is 356 g/mol. The van der Waals surface area contributed by atoms with Crippen LogP contribution in [0.2, 0.25) is 0 Å². The van der Waals surface area contributed by atoms with Crippen molar-refractivity contribution < 1.29 is 14.3 Å². The molecule has 0 aliphatic carbocycles. The summed E-state index contributed by atoms with van der Waals surface area (Å²) in [5, 5.41) is 2.60. The van der Waals surface area contributed by atoms with E-state index in [9.17, 15) is 9.59 Å². The van der Waals surface area contributed by atoms with Gasteiger partial charge in [-0.3, -0.25) is 4.79 Å². The Kier molecular flexibility index (Phi) is 9.72. The molecule has 26 heavy (non-hydrogen) atoms. The predicted octanol–water partition coefficient (Wildman–Crippen LogP) is 2.83. The zero-order valence-electron chi connectivity index (χ0n) is 15.6. The van der Waals surface area contributed by atoms with Gasteiger partial charge < -0.3 is 15.8 Å². The first-order valence-corrected chi connectivity index (χ1v) is 8.86. The zero-order chi connectivity index (χ0) is 19.4. The van der Waals surface area contributed by atoms with E-state index >= 15 is 0 Å². The Balaban J connectivity index is 0.00000163. The second-order valence-corrected chi connectivity index (χ2v) is 5.62. The Morgan fingerprint density at radius 2 is 1.46 bits per heavy atom. The van der Waals surface area contributed by atoms with Crippen LogP contribution in [-0.2, 0) is 27.4 Å². The van der Waals surface area contributed by atoms with Crippen LogP contribution < -0.4 is 11.1 Å². The molecule has 5 heteroatoms. The molecule has 2 aromatic rings. The summed E-state index contributed by atoms with van der Waals surface area (Å²) >= 11 is 0. The smallest absolute Gasteiger partial charge is 0.328 e. The van der Waals surface area contributed by atoms with E-state index < -0.39 is 18.1 Å². The third-order valence-electron chi connectivity index (χ3n) is 3.57. The number of nitrogens with two attached hydrogens (primary N) is 1. The van der Waals surface area contributed by atoms with Gasteiger partial charge in [0, 0.05) is 0 Å². The molecule has 2 atom stereocenters. The predicted molar refractivity (Wildman–Crippen MR) is 103 cm³/mol. The zero-order valence-corrected chi connectivity index (χ0v) is 15.6. The van der Waals surface area contributed by atoms with Gasteiger partial charge in [0.15, 0.2) is 0 Å². The van der Waals surface area contributed by atoms with Gasteiger partial charge in [0.2, 0.25) is 5.91 Å². The lowest BCUT2D eigenvalue weighted by Gasteiger charge is -2.17. The average Bonchev–Trinajstić information content (AvgIpc) is 2.69. The fourth-order valence-corrected chi connectivity index (χ4v) is 2.19. The number of benzene rings is 2. The van der Waals surface area contributed by atoms with Crippen LogP contribution >= 0.6 is 0 Å². The van der Waals surface area contributed by atoms with E-state index in [0.29, 0.717) is 6.42 Å². The van der Waals surface area contributed by atoms with Crippen LogP contribution in [0.1, 0.15) is 31.9 Å². The second-order valence-electron chi connectivity index (χ2n) is 5.62. The van der Waals surface area contributed by atoms with E-state index in [0.717, 1.165) is 11.1 Å². The van der Waals surface area contributed by atoms with E-state index in [2.05, 4.69) is 5.32 Å². The molecule has 0 aliphatic rings. The summed E-state index contributed by atoms with van der Waals surface area (Å²) in [6, 6.07) is 17.4. The van der Waals surface area contributed by atoms with Crippen LogP contribution in [0, 0.1) is 0 Å². The van der Waals surface area contributed by atoms with Crippen molar-refractivity contribution in [3.05, 3.63) is 71.8 Å². The summed E-state index contributed by atoms with van der Waals surface area (Å²) in [5.41, 5.74) is 7.76. The molecule has 0 unspecified atom stereocenters. The molecular formula is C21H28N2O3. The van der Waals surface area contributed by atoms with Crippen molar-refractivity contribution in [2.45, 2.75) is 45.9 Å². The quantitative estimate of drug-likeness (QED) is 0.748. The largest absolute Gasteiger partial charge is 0.459 e.